The highest BCUT2D eigenvalue weighted by Crippen LogP contribution is 2.36. The maximum absolute atomic E-state index is 13.6. The van der Waals surface area contributed by atoms with Crippen molar-refractivity contribution in [2.75, 3.05) is 45.4 Å². The summed E-state index contributed by atoms with van der Waals surface area (Å²) in [6, 6.07) is 11.3. The number of furan rings is 1. The number of aromatic nitrogens is 3. The number of methoxy groups -OCH3 is 2. The normalized spacial score (nSPS) is 13.6. The van der Waals surface area contributed by atoms with E-state index in [9.17, 15) is 4.79 Å². The smallest absolute Gasteiger partial charge is 0.245 e. The van der Waals surface area contributed by atoms with Crippen LogP contribution < -0.4 is 14.4 Å². The van der Waals surface area contributed by atoms with Gasteiger partial charge in [0.05, 0.1) is 45.9 Å². The maximum Gasteiger partial charge on any atom is 0.245 e. The van der Waals surface area contributed by atoms with Gasteiger partial charge in [0.2, 0.25) is 5.91 Å². The van der Waals surface area contributed by atoms with Gasteiger partial charge >= 0.3 is 0 Å². The number of ether oxygens (including phenoxy) is 3. The second-order valence-corrected chi connectivity index (χ2v) is 8.92. The van der Waals surface area contributed by atoms with Crippen LogP contribution in [-0.4, -0.2) is 66.1 Å². The van der Waals surface area contributed by atoms with Crippen molar-refractivity contribution in [3.63, 3.8) is 0 Å². The lowest BCUT2D eigenvalue weighted by atomic mass is 10.1. The molecule has 1 amide bonds. The number of amides is 1. The van der Waals surface area contributed by atoms with E-state index in [-0.39, 0.29) is 12.5 Å². The van der Waals surface area contributed by atoms with Crippen molar-refractivity contribution in [2.24, 2.45) is 0 Å². The monoisotopic (exact) mass is 505 g/mol. The number of fused-ring (bicyclic) bond motifs is 1. The Bertz CT molecular complexity index is 1360. The fourth-order valence-electron chi connectivity index (χ4n) is 4.57. The minimum Gasteiger partial charge on any atom is -0.496 e. The lowest BCUT2D eigenvalue weighted by molar-refractivity contribution is -0.133. The molecule has 1 saturated heterocycles. The summed E-state index contributed by atoms with van der Waals surface area (Å²) >= 11 is 0. The third-order valence-corrected chi connectivity index (χ3v) is 6.43. The van der Waals surface area contributed by atoms with E-state index in [2.05, 4.69) is 16.1 Å². The van der Waals surface area contributed by atoms with Crippen LogP contribution in [0.2, 0.25) is 0 Å². The van der Waals surface area contributed by atoms with Gasteiger partial charge in [0.25, 0.3) is 0 Å². The first-order chi connectivity index (χ1) is 18.1. The second kappa shape index (κ2) is 10.9. The number of morpholine rings is 1. The summed E-state index contributed by atoms with van der Waals surface area (Å²) in [7, 11) is 3.27. The highest BCUT2D eigenvalue weighted by molar-refractivity contribution is 5.92. The second-order valence-electron chi connectivity index (χ2n) is 8.92. The van der Waals surface area contributed by atoms with Crippen LogP contribution in [0.25, 0.3) is 10.9 Å². The fraction of sp³-hybridized carbons (Fsp3) is 0.370. The zero-order valence-corrected chi connectivity index (χ0v) is 21.3. The predicted octanol–water partition coefficient (Wildman–Crippen LogP) is 3.42. The van der Waals surface area contributed by atoms with Gasteiger partial charge in [-0.1, -0.05) is 0 Å². The summed E-state index contributed by atoms with van der Waals surface area (Å²) in [5.74, 6) is 2.77. The van der Waals surface area contributed by atoms with E-state index in [0.717, 1.165) is 22.5 Å². The Morgan fingerprint density at radius 3 is 2.54 bits per heavy atom. The number of carbonyl (C=O) groups excluding carboxylic acids is 1. The molecule has 10 nitrogen and oxygen atoms in total. The van der Waals surface area contributed by atoms with E-state index in [1.807, 2.05) is 43.5 Å². The molecule has 0 bridgehead atoms. The van der Waals surface area contributed by atoms with Crippen LogP contribution in [0.3, 0.4) is 0 Å². The molecule has 0 radical (unpaired) electrons. The Balaban J connectivity index is 1.57. The molecule has 4 heterocycles. The Kier molecular flexibility index (Phi) is 7.27. The Morgan fingerprint density at radius 1 is 1.08 bits per heavy atom. The molecule has 37 heavy (non-hydrogen) atoms. The van der Waals surface area contributed by atoms with Gasteiger partial charge in [0.1, 0.15) is 35.1 Å². The average molecular weight is 506 g/mol. The summed E-state index contributed by atoms with van der Waals surface area (Å²) in [5.41, 5.74) is 2.47. The zero-order valence-electron chi connectivity index (χ0n) is 21.3. The van der Waals surface area contributed by atoms with Gasteiger partial charge in [-0.15, -0.1) is 0 Å². The van der Waals surface area contributed by atoms with Crippen molar-refractivity contribution in [2.45, 2.75) is 26.6 Å². The highest BCUT2D eigenvalue weighted by atomic mass is 16.5. The van der Waals surface area contributed by atoms with Crippen LogP contribution in [0.4, 0.5) is 5.82 Å². The lowest BCUT2D eigenvalue weighted by Gasteiger charge is -2.31. The molecule has 10 heteroatoms. The van der Waals surface area contributed by atoms with Gasteiger partial charge in [-0.05, 0) is 43.3 Å². The number of aryl methyl sites for hydroxylation is 1. The number of carbonyl (C=O) groups is 1. The molecule has 0 atom stereocenters. The first-order valence-corrected chi connectivity index (χ1v) is 12.2. The summed E-state index contributed by atoms with van der Waals surface area (Å²) in [5, 5.41) is 5.21. The van der Waals surface area contributed by atoms with E-state index < -0.39 is 0 Å². The summed E-state index contributed by atoms with van der Waals surface area (Å²) < 4.78 is 24.1. The molecule has 4 aromatic rings. The van der Waals surface area contributed by atoms with Crippen molar-refractivity contribution < 1.29 is 23.4 Å². The SMILES string of the molecule is COc1ccc(OC)c2nc(N3CCOCC3)c(CN(Cc3ccco3)C(=O)Cn3ccc(C)n3)cc12. The zero-order chi connectivity index (χ0) is 25.8. The largest absolute Gasteiger partial charge is 0.496 e. The molecule has 5 rings (SSSR count). The topological polar surface area (TPSA) is 95.1 Å². The number of nitrogens with zero attached hydrogens (tertiary/aromatic N) is 5. The number of pyridine rings is 1. The summed E-state index contributed by atoms with van der Waals surface area (Å²) in [6.07, 6.45) is 3.43. The molecule has 1 aromatic carbocycles. The van der Waals surface area contributed by atoms with Gasteiger partial charge in [-0.3, -0.25) is 9.48 Å². The molecule has 1 fully saturated rings. The van der Waals surface area contributed by atoms with Crippen molar-refractivity contribution >= 4 is 22.6 Å². The first kappa shape index (κ1) is 24.6. The average Bonchev–Trinajstić information content (AvgIpc) is 3.59. The highest BCUT2D eigenvalue weighted by Gasteiger charge is 2.24. The number of hydrogen-bond acceptors (Lipinski definition) is 8. The van der Waals surface area contributed by atoms with Crippen molar-refractivity contribution in [3.05, 3.63) is 65.9 Å². The Hall–Kier alpha value is -4.05. The molecule has 1 aliphatic heterocycles. The molecule has 3 aromatic heterocycles. The summed E-state index contributed by atoms with van der Waals surface area (Å²) in [4.78, 5) is 22.6. The van der Waals surface area contributed by atoms with Gasteiger partial charge in [-0.2, -0.15) is 5.10 Å². The first-order valence-electron chi connectivity index (χ1n) is 12.2. The van der Waals surface area contributed by atoms with Crippen LogP contribution in [-0.2, 0) is 29.2 Å². The molecule has 1 aliphatic rings. The Labute approximate surface area is 215 Å². The van der Waals surface area contributed by atoms with E-state index in [4.69, 9.17) is 23.6 Å². The van der Waals surface area contributed by atoms with Crippen LogP contribution >= 0.6 is 0 Å². The molecule has 0 unspecified atom stereocenters. The molecule has 0 aliphatic carbocycles. The van der Waals surface area contributed by atoms with Crippen LogP contribution in [0.5, 0.6) is 11.5 Å². The quantitative estimate of drug-likeness (QED) is 0.342. The van der Waals surface area contributed by atoms with Crippen LogP contribution in [0.1, 0.15) is 17.0 Å². The summed E-state index contributed by atoms with van der Waals surface area (Å²) in [6.45, 7) is 5.31. The van der Waals surface area contributed by atoms with E-state index in [1.165, 1.54) is 0 Å². The van der Waals surface area contributed by atoms with Gasteiger partial charge < -0.3 is 28.4 Å². The Morgan fingerprint density at radius 2 is 1.86 bits per heavy atom. The van der Waals surface area contributed by atoms with Crippen LogP contribution in [0.15, 0.2) is 53.3 Å². The molecule has 194 valence electrons. The molecule has 0 saturated carbocycles. The lowest BCUT2D eigenvalue weighted by Crippen LogP contribution is -2.38. The fourth-order valence-corrected chi connectivity index (χ4v) is 4.57. The molecular formula is C27H31N5O5. The predicted molar refractivity (Wildman–Crippen MR) is 138 cm³/mol. The minimum absolute atomic E-state index is 0.0786. The number of hydrogen-bond donors (Lipinski definition) is 0. The van der Waals surface area contributed by atoms with Crippen molar-refractivity contribution in [3.8, 4) is 11.5 Å². The van der Waals surface area contributed by atoms with Crippen molar-refractivity contribution in [1.82, 2.24) is 19.7 Å². The van der Waals surface area contributed by atoms with Gasteiger partial charge in [0.15, 0.2) is 0 Å². The molecule has 0 spiro atoms. The van der Waals surface area contributed by atoms with Crippen LogP contribution in [0, 0.1) is 6.92 Å². The molecule has 0 N–H and O–H groups in total. The van der Waals surface area contributed by atoms with E-state index in [1.54, 1.807) is 30.1 Å². The van der Waals surface area contributed by atoms with Crippen molar-refractivity contribution in [1.29, 1.82) is 0 Å². The van der Waals surface area contributed by atoms with Gasteiger partial charge in [-0.25, -0.2) is 4.98 Å². The van der Waals surface area contributed by atoms with Gasteiger partial charge in [0, 0.05) is 36.8 Å². The number of anilines is 1. The molecular weight excluding hydrogens is 474 g/mol. The maximum atomic E-state index is 13.6. The van der Waals surface area contributed by atoms with E-state index in [0.29, 0.717) is 62.2 Å². The third-order valence-electron chi connectivity index (χ3n) is 6.43. The van der Waals surface area contributed by atoms with E-state index >= 15 is 0 Å². The number of benzene rings is 1. The number of rotatable bonds is 9. The standard InChI is InChI=1S/C27H31N5O5/c1-19-8-9-32(29-19)18-25(33)31(17-21-5-4-12-37-21)16-20-15-22-23(34-2)6-7-24(35-3)26(22)28-27(20)30-10-13-36-14-11-30/h4-9,12,15H,10-11,13-14,16-18H2,1-3H3. The third kappa shape index (κ3) is 5.39. The minimum atomic E-state index is -0.0786.